The summed E-state index contributed by atoms with van der Waals surface area (Å²) in [4.78, 5) is 10.8. The molecule has 0 bridgehead atoms. The van der Waals surface area contributed by atoms with Crippen LogP contribution < -0.4 is 4.74 Å². The summed E-state index contributed by atoms with van der Waals surface area (Å²) in [6, 6.07) is 8.43. The number of hydrogen-bond donors (Lipinski definition) is 1. The van der Waals surface area contributed by atoms with Crippen molar-refractivity contribution in [3.63, 3.8) is 0 Å². The largest absolute Gasteiger partial charge is 0.508 e. The number of nitro benzene ring substituents is 1. The van der Waals surface area contributed by atoms with Gasteiger partial charge in [-0.15, -0.1) is 0 Å². The standard InChI is InChI=1S/C17H19NO4/c1-4-13-6-5-7-15(18(20)21)14(13)10-22-17-9-11(2)16(19)8-12(17)3/h5-9,19H,4,10H2,1-3H3. The highest BCUT2D eigenvalue weighted by Gasteiger charge is 2.17. The molecular formula is C17H19NO4. The Bertz CT molecular complexity index is 710. The number of rotatable bonds is 5. The molecule has 116 valence electrons. The van der Waals surface area contributed by atoms with E-state index in [2.05, 4.69) is 0 Å². The maximum atomic E-state index is 11.2. The molecule has 0 spiro atoms. The smallest absolute Gasteiger partial charge is 0.276 e. The van der Waals surface area contributed by atoms with E-state index in [0.29, 0.717) is 23.3 Å². The molecule has 1 N–H and O–H groups in total. The van der Waals surface area contributed by atoms with Crippen LogP contribution in [0.25, 0.3) is 0 Å². The van der Waals surface area contributed by atoms with Gasteiger partial charge in [0.05, 0.1) is 10.5 Å². The Hall–Kier alpha value is -2.56. The van der Waals surface area contributed by atoms with Crippen LogP contribution in [0.1, 0.15) is 29.2 Å². The first kappa shape index (κ1) is 15.8. The maximum Gasteiger partial charge on any atom is 0.276 e. The zero-order chi connectivity index (χ0) is 16.3. The Balaban J connectivity index is 2.32. The molecule has 0 saturated heterocycles. The zero-order valence-electron chi connectivity index (χ0n) is 12.9. The lowest BCUT2D eigenvalue weighted by molar-refractivity contribution is -0.385. The summed E-state index contributed by atoms with van der Waals surface area (Å²) < 4.78 is 5.78. The van der Waals surface area contributed by atoms with Crippen LogP contribution in [0.2, 0.25) is 0 Å². The number of nitro groups is 1. The molecule has 0 heterocycles. The molecule has 2 aromatic rings. The van der Waals surface area contributed by atoms with E-state index in [-0.39, 0.29) is 23.0 Å². The molecule has 5 heteroatoms. The first-order valence-electron chi connectivity index (χ1n) is 7.12. The van der Waals surface area contributed by atoms with E-state index >= 15 is 0 Å². The fraction of sp³-hybridized carbons (Fsp3) is 0.294. The van der Waals surface area contributed by atoms with Gasteiger partial charge >= 0.3 is 0 Å². The van der Waals surface area contributed by atoms with Crippen LogP contribution >= 0.6 is 0 Å². The highest BCUT2D eigenvalue weighted by atomic mass is 16.6. The van der Waals surface area contributed by atoms with Gasteiger partial charge in [0, 0.05) is 6.07 Å². The van der Waals surface area contributed by atoms with Crippen molar-refractivity contribution in [2.45, 2.75) is 33.8 Å². The summed E-state index contributed by atoms with van der Waals surface area (Å²) in [5, 5.41) is 20.8. The second-order valence-corrected chi connectivity index (χ2v) is 5.22. The fourth-order valence-corrected chi connectivity index (χ4v) is 2.37. The lowest BCUT2D eigenvalue weighted by atomic mass is 10.0. The second-order valence-electron chi connectivity index (χ2n) is 5.22. The van der Waals surface area contributed by atoms with Crippen molar-refractivity contribution < 1.29 is 14.8 Å². The van der Waals surface area contributed by atoms with Crippen LogP contribution in [-0.4, -0.2) is 10.0 Å². The first-order valence-corrected chi connectivity index (χ1v) is 7.12. The molecule has 0 amide bonds. The summed E-state index contributed by atoms with van der Waals surface area (Å²) in [5.41, 5.74) is 3.08. The molecule has 0 aromatic heterocycles. The molecule has 0 saturated carbocycles. The maximum absolute atomic E-state index is 11.2. The minimum Gasteiger partial charge on any atom is -0.508 e. The van der Waals surface area contributed by atoms with Gasteiger partial charge in [-0.25, -0.2) is 0 Å². The summed E-state index contributed by atoms with van der Waals surface area (Å²) >= 11 is 0. The predicted octanol–water partition coefficient (Wildman–Crippen LogP) is 4.06. The molecular weight excluding hydrogens is 282 g/mol. The minimum absolute atomic E-state index is 0.0764. The molecule has 0 aliphatic carbocycles. The Labute approximate surface area is 129 Å². The number of nitrogens with zero attached hydrogens (tertiary/aromatic N) is 1. The highest BCUT2D eigenvalue weighted by molar-refractivity contribution is 5.47. The number of ether oxygens (including phenoxy) is 1. The van der Waals surface area contributed by atoms with E-state index in [1.54, 1.807) is 25.1 Å². The van der Waals surface area contributed by atoms with Crippen molar-refractivity contribution in [3.8, 4) is 11.5 Å². The summed E-state index contributed by atoms with van der Waals surface area (Å²) in [5.74, 6) is 0.834. The quantitative estimate of drug-likeness (QED) is 0.667. The van der Waals surface area contributed by atoms with E-state index < -0.39 is 0 Å². The van der Waals surface area contributed by atoms with Crippen LogP contribution in [0.5, 0.6) is 11.5 Å². The molecule has 5 nitrogen and oxygen atoms in total. The number of aromatic hydroxyl groups is 1. The molecule has 0 aliphatic heterocycles. The third-order valence-corrected chi connectivity index (χ3v) is 3.69. The normalized spacial score (nSPS) is 10.5. The van der Waals surface area contributed by atoms with Gasteiger partial charge < -0.3 is 9.84 Å². The van der Waals surface area contributed by atoms with Crippen molar-refractivity contribution >= 4 is 5.69 Å². The third-order valence-electron chi connectivity index (χ3n) is 3.69. The van der Waals surface area contributed by atoms with Gasteiger partial charge in [-0.05, 0) is 49.1 Å². The van der Waals surface area contributed by atoms with Crippen LogP contribution in [0.3, 0.4) is 0 Å². The molecule has 0 fully saturated rings. The fourth-order valence-electron chi connectivity index (χ4n) is 2.37. The van der Waals surface area contributed by atoms with E-state index in [1.165, 1.54) is 6.07 Å². The van der Waals surface area contributed by atoms with Crippen LogP contribution in [0, 0.1) is 24.0 Å². The topological polar surface area (TPSA) is 72.6 Å². The van der Waals surface area contributed by atoms with Gasteiger partial charge in [-0.2, -0.15) is 0 Å². The van der Waals surface area contributed by atoms with Gasteiger partial charge in [0.2, 0.25) is 0 Å². The lowest BCUT2D eigenvalue weighted by Crippen LogP contribution is -2.05. The van der Waals surface area contributed by atoms with Gasteiger partial charge in [0.15, 0.2) is 0 Å². The summed E-state index contributed by atoms with van der Waals surface area (Å²) in [7, 11) is 0. The van der Waals surface area contributed by atoms with E-state index in [0.717, 1.165) is 11.1 Å². The number of phenols is 1. The highest BCUT2D eigenvalue weighted by Crippen LogP contribution is 2.29. The van der Waals surface area contributed by atoms with Crippen LogP contribution in [0.4, 0.5) is 5.69 Å². The second kappa shape index (κ2) is 6.47. The van der Waals surface area contributed by atoms with Gasteiger partial charge in [0.25, 0.3) is 5.69 Å². The van der Waals surface area contributed by atoms with E-state index in [4.69, 9.17) is 4.74 Å². The van der Waals surface area contributed by atoms with Crippen molar-refractivity contribution in [1.29, 1.82) is 0 Å². The zero-order valence-corrected chi connectivity index (χ0v) is 12.9. The Morgan fingerprint density at radius 1 is 1.23 bits per heavy atom. The van der Waals surface area contributed by atoms with Crippen LogP contribution in [-0.2, 0) is 13.0 Å². The molecule has 22 heavy (non-hydrogen) atoms. The predicted molar refractivity (Wildman–Crippen MR) is 84.4 cm³/mol. The lowest BCUT2D eigenvalue weighted by Gasteiger charge is -2.13. The van der Waals surface area contributed by atoms with Crippen molar-refractivity contribution in [1.82, 2.24) is 0 Å². The monoisotopic (exact) mass is 301 g/mol. The minimum atomic E-state index is -0.382. The Morgan fingerprint density at radius 2 is 1.95 bits per heavy atom. The van der Waals surface area contributed by atoms with Crippen molar-refractivity contribution in [3.05, 3.63) is 62.7 Å². The molecule has 0 atom stereocenters. The molecule has 2 rings (SSSR count). The van der Waals surface area contributed by atoms with Crippen LogP contribution in [0.15, 0.2) is 30.3 Å². The van der Waals surface area contributed by atoms with E-state index in [1.807, 2.05) is 19.9 Å². The molecule has 0 unspecified atom stereocenters. The molecule has 0 radical (unpaired) electrons. The average Bonchev–Trinajstić information content (AvgIpc) is 2.49. The summed E-state index contributed by atoms with van der Waals surface area (Å²) in [6.07, 6.45) is 0.702. The SMILES string of the molecule is CCc1cccc([N+](=O)[O-])c1COc1cc(C)c(O)cc1C. The number of aryl methyl sites for hydroxylation is 3. The van der Waals surface area contributed by atoms with Gasteiger partial charge in [-0.1, -0.05) is 19.1 Å². The molecule has 0 aliphatic rings. The Kier molecular flexibility index (Phi) is 4.65. The Morgan fingerprint density at radius 3 is 2.59 bits per heavy atom. The summed E-state index contributed by atoms with van der Waals surface area (Å²) in [6.45, 7) is 5.70. The number of phenolic OH excluding ortho intramolecular Hbond substituents is 1. The van der Waals surface area contributed by atoms with Crippen molar-refractivity contribution in [2.75, 3.05) is 0 Å². The number of hydrogen-bond acceptors (Lipinski definition) is 4. The van der Waals surface area contributed by atoms with Gasteiger partial charge in [-0.3, -0.25) is 10.1 Å². The van der Waals surface area contributed by atoms with E-state index in [9.17, 15) is 15.2 Å². The van der Waals surface area contributed by atoms with Gasteiger partial charge in [0.1, 0.15) is 18.1 Å². The number of benzene rings is 2. The molecule has 2 aromatic carbocycles. The van der Waals surface area contributed by atoms with Crippen molar-refractivity contribution in [2.24, 2.45) is 0 Å². The first-order chi connectivity index (χ1) is 10.4. The average molecular weight is 301 g/mol. The third kappa shape index (κ3) is 3.19.